The third-order valence-corrected chi connectivity index (χ3v) is 5.51. The van der Waals surface area contributed by atoms with Crippen molar-refractivity contribution in [3.8, 4) is 0 Å². The Morgan fingerprint density at radius 3 is 2.62 bits per heavy atom. The molecular weight excluding hydrogens is 330 g/mol. The number of nitrogens with two attached hydrogens (primary N) is 1. The van der Waals surface area contributed by atoms with Crippen LogP contribution in [0.25, 0.3) is 0 Å². The number of hydrogen-bond donors (Lipinski definition) is 2. The Balaban J connectivity index is 1.91. The molecule has 0 radical (unpaired) electrons. The van der Waals surface area contributed by atoms with Gasteiger partial charge in [-0.05, 0) is 31.0 Å². The van der Waals surface area contributed by atoms with E-state index in [-0.39, 0.29) is 17.9 Å². The van der Waals surface area contributed by atoms with E-state index in [1.54, 1.807) is 25.1 Å². The fourth-order valence-corrected chi connectivity index (χ4v) is 3.42. The maximum Gasteiger partial charge on any atom is 0.253 e. The first-order valence-electron chi connectivity index (χ1n) is 9.13. The average Bonchev–Trinajstić information content (AvgIpc) is 2.60. The Morgan fingerprint density at radius 1 is 1.35 bits per heavy atom. The third-order valence-electron chi connectivity index (χ3n) is 5.51. The molecule has 0 bridgehead atoms. The summed E-state index contributed by atoms with van der Waals surface area (Å²) in [6.45, 7) is 7.00. The van der Waals surface area contributed by atoms with E-state index in [0.29, 0.717) is 31.6 Å². The normalized spacial score (nSPS) is 23.8. The zero-order chi connectivity index (χ0) is 19.5. The van der Waals surface area contributed by atoms with Crippen LogP contribution in [0.4, 0.5) is 0 Å². The highest BCUT2D eigenvalue weighted by Crippen LogP contribution is 2.49. The summed E-state index contributed by atoms with van der Waals surface area (Å²) in [5.41, 5.74) is 6.73. The SMILES string of the molecule is CCOC1CC(N)(C(=O)NCCc2cccc(C(=O)N(C)C)c2)C1(C)C. The molecule has 1 aromatic carbocycles. The van der Waals surface area contributed by atoms with Crippen LogP contribution in [0, 0.1) is 5.41 Å². The van der Waals surface area contributed by atoms with Gasteiger partial charge in [-0.1, -0.05) is 26.0 Å². The molecule has 3 N–H and O–H groups in total. The van der Waals surface area contributed by atoms with Crippen LogP contribution in [-0.2, 0) is 16.0 Å². The molecule has 2 unspecified atom stereocenters. The molecule has 0 aromatic heterocycles. The van der Waals surface area contributed by atoms with Gasteiger partial charge in [0, 0.05) is 44.6 Å². The van der Waals surface area contributed by atoms with Gasteiger partial charge in [0.15, 0.2) is 0 Å². The summed E-state index contributed by atoms with van der Waals surface area (Å²) >= 11 is 0. The van der Waals surface area contributed by atoms with Crippen LogP contribution in [0.3, 0.4) is 0 Å². The number of hydrogen-bond acceptors (Lipinski definition) is 4. The van der Waals surface area contributed by atoms with E-state index in [1.165, 1.54) is 0 Å². The van der Waals surface area contributed by atoms with E-state index in [9.17, 15) is 9.59 Å². The highest BCUT2D eigenvalue weighted by Gasteiger charge is 2.62. The van der Waals surface area contributed by atoms with Gasteiger partial charge in [-0.2, -0.15) is 0 Å². The summed E-state index contributed by atoms with van der Waals surface area (Å²) in [6, 6.07) is 7.48. The second-order valence-electron chi connectivity index (χ2n) is 7.75. The summed E-state index contributed by atoms with van der Waals surface area (Å²) in [7, 11) is 3.46. The lowest BCUT2D eigenvalue weighted by Crippen LogP contribution is -2.75. The number of carbonyl (C=O) groups is 2. The molecule has 0 saturated heterocycles. The van der Waals surface area contributed by atoms with Gasteiger partial charge in [0.25, 0.3) is 5.91 Å². The van der Waals surface area contributed by atoms with Crippen molar-refractivity contribution in [2.45, 2.75) is 45.3 Å². The molecule has 6 heteroatoms. The summed E-state index contributed by atoms with van der Waals surface area (Å²) < 4.78 is 5.67. The van der Waals surface area contributed by atoms with Crippen molar-refractivity contribution in [3.05, 3.63) is 35.4 Å². The zero-order valence-corrected chi connectivity index (χ0v) is 16.5. The number of rotatable bonds is 7. The maximum absolute atomic E-state index is 12.6. The molecule has 1 saturated carbocycles. The average molecular weight is 361 g/mol. The molecule has 144 valence electrons. The molecular formula is C20H31N3O3. The minimum absolute atomic E-state index is 0.0111. The Hall–Kier alpha value is -1.92. The molecule has 6 nitrogen and oxygen atoms in total. The fraction of sp³-hybridized carbons (Fsp3) is 0.600. The predicted molar refractivity (Wildman–Crippen MR) is 102 cm³/mol. The lowest BCUT2D eigenvalue weighted by Gasteiger charge is -2.57. The van der Waals surface area contributed by atoms with Crippen molar-refractivity contribution < 1.29 is 14.3 Å². The molecule has 2 atom stereocenters. The van der Waals surface area contributed by atoms with Crippen LogP contribution in [0.2, 0.25) is 0 Å². The topological polar surface area (TPSA) is 84.7 Å². The van der Waals surface area contributed by atoms with Crippen molar-refractivity contribution in [1.29, 1.82) is 0 Å². The second-order valence-corrected chi connectivity index (χ2v) is 7.75. The number of nitrogens with one attached hydrogen (secondary N) is 1. The number of nitrogens with zero attached hydrogens (tertiary/aromatic N) is 1. The molecule has 1 aromatic rings. The highest BCUT2D eigenvalue weighted by atomic mass is 16.5. The number of benzene rings is 1. The molecule has 1 aliphatic rings. The summed E-state index contributed by atoms with van der Waals surface area (Å²) in [5, 5.41) is 2.95. The van der Waals surface area contributed by atoms with Gasteiger partial charge < -0.3 is 20.7 Å². The van der Waals surface area contributed by atoms with E-state index in [2.05, 4.69) is 5.32 Å². The number of amides is 2. The Labute approximate surface area is 156 Å². The van der Waals surface area contributed by atoms with Gasteiger partial charge in [0.2, 0.25) is 5.91 Å². The van der Waals surface area contributed by atoms with Crippen molar-refractivity contribution in [3.63, 3.8) is 0 Å². The second kappa shape index (κ2) is 7.76. The van der Waals surface area contributed by atoms with Gasteiger partial charge in [0.05, 0.1) is 6.10 Å². The molecule has 26 heavy (non-hydrogen) atoms. The largest absolute Gasteiger partial charge is 0.378 e. The lowest BCUT2D eigenvalue weighted by molar-refractivity contribution is -0.170. The van der Waals surface area contributed by atoms with Crippen molar-refractivity contribution in [2.24, 2.45) is 11.1 Å². The molecule has 0 aliphatic heterocycles. The van der Waals surface area contributed by atoms with E-state index >= 15 is 0 Å². The van der Waals surface area contributed by atoms with Crippen LogP contribution < -0.4 is 11.1 Å². The smallest absolute Gasteiger partial charge is 0.253 e. The fourth-order valence-electron chi connectivity index (χ4n) is 3.42. The Bertz CT molecular complexity index is 672. The van der Waals surface area contributed by atoms with Gasteiger partial charge >= 0.3 is 0 Å². The monoisotopic (exact) mass is 361 g/mol. The van der Waals surface area contributed by atoms with Crippen molar-refractivity contribution >= 4 is 11.8 Å². The zero-order valence-electron chi connectivity index (χ0n) is 16.5. The molecule has 0 heterocycles. The van der Waals surface area contributed by atoms with Crippen LogP contribution in [-0.4, -0.2) is 55.6 Å². The van der Waals surface area contributed by atoms with Crippen LogP contribution in [0.15, 0.2) is 24.3 Å². The van der Waals surface area contributed by atoms with E-state index in [4.69, 9.17) is 10.5 Å². The molecule has 2 amide bonds. The first kappa shape index (κ1) is 20.4. The van der Waals surface area contributed by atoms with Crippen LogP contribution in [0.1, 0.15) is 43.1 Å². The molecule has 0 spiro atoms. The lowest BCUT2D eigenvalue weighted by atomic mass is 9.54. The Kier molecular flexibility index (Phi) is 6.09. The maximum atomic E-state index is 12.6. The van der Waals surface area contributed by atoms with Crippen LogP contribution >= 0.6 is 0 Å². The summed E-state index contributed by atoms with van der Waals surface area (Å²) in [6.07, 6.45) is 1.19. The van der Waals surface area contributed by atoms with Gasteiger partial charge in [-0.15, -0.1) is 0 Å². The summed E-state index contributed by atoms with van der Waals surface area (Å²) in [4.78, 5) is 26.2. The molecule has 2 rings (SSSR count). The first-order chi connectivity index (χ1) is 12.1. The molecule has 1 aliphatic carbocycles. The van der Waals surface area contributed by atoms with Crippen molar-refractivity contribution in [1.82, 2.24) is 10.2 Å². The van der Waals surface area contributed by atoms with Gasteiger partial charge in [-0.25, -0.2) is 0 Å². The predicted octanol–water partition coefficient (Wildman–Crippen LogP) is 1.58. The third kappa shape index (κ3) is 3.76. The van der Waals surface area contributed by atoms with Gasteiger partial charge in [-0.3, -0.25) is 9.59 Å². The van der Waals surface area contributed by atoms with E-state index in [1.807, 2.05) is 39.0 Å². The molecule has 1 fully saturated rings. The summed E-state index contributed by atoms with van der Waals surface area (Å²) in [5.74, 6) is -0.172. The van der Waals surface area contributed by atoms with Crippen molar-refractivity contribution in [2.75, 3.05) is 27.2 Å². The standard InChI is InChI=1S/C20H31N3O3/c1-6-26-16-13-20(21,19(16,2)3)18(25)22-11-10-14-8-7-9-15(12-14)17(24)23(4)5/h7-9,12,16H,6,10-11,13,21H2,1-5H3,(H,22,25). The number of carbonyl (C=O) groups excluding carboxylic acids is 2. The van der Waals surface area contributed by atoms with Crippen LogP contribution in [0.5, 0.6) is 0 Å². The Morgan fingerprint density at radius 2 is 2.04 bits per heavy atom. The quantitative estimate of drug-likeness (QED) is 0.772. The number of ether oxygens (including phenoxy) is 1. The first-order valence-corrected chi connectivity index (χ1v) is 9.13. The minimum atomic E-state index is -0.907. The minimum Gasteiger partial charge on any atom is -0.378 e. The highest BCUT2D eigenvalue weighted by molar-refractivity contribution is 5.94. The van der Waals surface area contributed by atoms with Gasteiger partial charge in [0.1, 0.15) is 5.54 Å². The van der Waals surface area contributed by atoms with E-state index < -0.39 is 11.0 Å². The van der Waals surface area contributed by atoms with E-state index in [0.717, 1.165) is 5.56 Å².